The van der Waals surface area contributed by atoms with Gasteiger partial charge in [-0.2, -0.15) is 0 Å². The molecule has 0 atom stereocenters. The molecule has 6 rings (SSSR count). The van der Waals surface area contributed by atoms with Gasteiger partial charge < -0.3 is 24.4 Å². The molecule has 4 fully saturated rings. The van der Waals surface area contributed by atoms with Crippen molar-refractivity contribution < 1.29 is 14.3 Å². The maximum Gasteiger partial charge on any atom is 0.318 e. The summed E-state index contributed by atoms with van der Waals surface area (Å²) in [7, 11) is 2.00. The molecule has 4 aliphatic carbocycles. The minimum absolute atomic E-state index is 0.0351. The Morgan fingerprint density at radius 3 is 2.26 bits per heavy atom. The van der Waals surface area contributed by atoms with Crippen molar-refractivity contribution in [3.8, 4) is 0 Å². The number of nitrogens with one attached hydrogen (secondary N) is 1. The van der Waals surface area contributed by atoms with E-state index in [2.05, 4.69) is 5.32 Å². The van der Waals surface area contributed by atoms with Crippen molar-refractivity contribution in [1.29, 1.82) is 0 Å². The molecule has 3 amide bonds. The van der Waals surface area contributed by atoms with E-state index in [-0.39, 0.29) is 24.0 Å². The van der Waals surface area contributed by atoms with E-state index in [4.69, 9.17) is 4.74 Å². The Kier molecular flexibility index (Phi) is 8.42. The number of hydrogen-bond acceptors (Lipinski definition) is 3. The Morgan fingerprint density at radius 1 is 0.974 bits per heavy atom. The largest absolute Gasteiger partial charge is 0.382 e. The van der Waals surface area contributed by atoms with E-state index in [0.29, 0.717) is 39.3 Å². The van der Waals surface area contributed by atoms with Gasteiger partial charge in [-0.1, -0.05) is 30.3 Å². The summed E-state index contributed by atoms with van der Waals surface area (Å²) >= 11 is 0. The lowest BCUT2D eigenvalue weighted by molar-refractivity contribution is -0.133. The van der Waals surface area contributed by atoms with Crippen molar-refractivity contribution in [2.75, 3.05) is 26.3 Å². The number of ether oxygens (including phenoxy) is 1. The van der Waals surface area contributed by atoms with Crippen LogP contribution in [0.5, 0.6) is 0 Å². The van der Waals surface area contributed by atoms with Crippen LogP contribution in [0, 0.1) is 17.8 Å². The molecule has 206 valence electrons. The topological polar surface area (TPSA) is 66.8 Å². The average molecular weight is 521 g/mol. The third-order valence-corrected chi connectivity index (χ3v) is 8.92. The highest BCUT2D eigenvalue weighted by molar-refractivity contribution is 5.84. The Hall–Kier alpha value is -2.80. The number of nitrogens with zero attached hydrogens (tertiary/aromatic N) is 3. The van der Waals surface area contributed by atoms with Gasteiger partial charge in [0.1, 0.15) is 6.54 Å². The van der Waals surface area contributed by atoms with Crippen LogP contribution in [0.1, 0.15) is 63.1 Å². The zero-order chi connectivity index (χ0) is 26.5. The van der Waals surface area contributed by atoms with E-state index in [1.807, 2.05) is 72.1 Å². The van der Waals surface area contributed by atoms with Gasteiger partial charge in [0.2, 0.25) is 5.91 Å². The first-order chi connectivity index (χ1) is 18.4. The molecule has 38 heavy (non-hydrogen) atoms. The number of urea groups is 1. The summed E-state index contributed by atoms with van der Waals surface area (Å²) < 4.78 is 7.60. The van der Waals surface area contributed by atoms with Crippen LogP contribution < -0.4 is 5.32 Å². The number of aromatic nitrogens is 1. The van der Waals surface area contributed by atoms with Crippen molar-refractivity contribution in [3.05, 3.63) is 59.9 Å². The van der Waals surface area contributed by atoms with Gasteiger partial charge in [0.15, 0.2) is 0 Å². The van der Waals surface area contributed by atoms with Gasteiger partial charge in [0.05, 0.1) is 6.54 Å². The first-order valence-corrected chi connectivity index (χ1v) is 14.5. The molecule has 0 saturated heterocycles. The molecule has 2 aromatic rings. The van der Waals surface area contributed by atoms with E-state index in [1.165, 1.54) is 19.3 Å². The van der Waals surface area contributed by atoms with Gasteiger partial charge in [-0.3, -0.25) is 4.79 Å². The SMILES string of the molecule is CCOCCCN(CC(=O)N(Cc1ccccc1)Cc1cccn1C)C(=O)NC12CC3CC(CC(C3)C1)C2. The van der Waals surface area contributed by atoms with Gasteiger partial charge in [-0.05, 0) is 87.3 Å². The van der Waals surface area contributed by atoms with E-state index >= 15 is 0 Å². The van der Waals surface area contributed by atoms with Crippen LogP contribution >= 0.6 is 0 Å². The summed E-state index contributed by atoms with van der Waals surface area (Å²) in [6.45, 7) is 4.80. The van der Waals surface area contributed by atoms with Crippen molar-refractivity contribution in [2.45, 2.75) is 70.5 Å². The zero-order valence-electron chi connectivity index (χ0n) is 23.1. The summed E-state index contributed by atoms with van der Waals surface area (Å²) in [6.07, 6.45) is 10.0. The summed E-state index contributed by atoms with van der Waals surface area (Å²) in [5, 5.41) is 3.49. The molecule has 0 aliphatic heterocycles. The number of carbonyl (C=O) groups is 2. The number of rotatable bonds is 12. The molecule has 7 heteroatoms. The normalized spacial score (nSPS) is 25.4. The fourth-order valence-corrected chi connectivity index (χ4v) is 7.48. The lowest BCUT2D eigenvalue weighted by Crippen LogP contribution is -2.62. The Balaban J connectivity index is 1.30. The maximum atomic E-state index is 13.8. The lowest BCUT2D eigenvalue weighted by atomic mass is 9.53. The maximum absolute atomic E-state index is 13.8. The van der Waals surface area contributed by atoms with E-state index in [9.17, 15) is 9.59 Å². The van der Waals surface area contributed by atoms with Gasteiger partial charge in [0, 0.05) is 50.8 Å². The van der Waals surface area contributed by atoms with Crippen molar-refractivity contribution in [3.63, 3.8) is 0 Å². The molecule has 1 N–H and O–H groups in total. The summed E-state index contributed by atoms with van der Waals surface area (Å²) in [4.78, 5) is 31.2. The molecule has 0 unspecified atom stereocenters. The second kappa shape index (κ2) is 11.9. The molecule has 1 aromatic heterocycles. The predicted molar refractivity (Wildman–Crippen MR) is 148 cm³/mol. The highest BCUT2D eigenvalue weighted by Gasteiger charge is 2.51. The van der Waals surface area contributed by atoms with Crippen LogP contribution in [-0.2, 0) is 29.7 Å². The molecular formula is C31H44N4O3. The van der Waals surface area contributed by atoms with Crippen LogP contribution in [0.2, 0.25) is 0 Å². The van der Waals surface area contributed by atoms with Crippen molar-refractivity contribution in [1.82, 2.24) is 19.7 Å². The van der Waals surface area contributed by atoms with E-state index in [0.717, 1.165) is 48.3 Å². The monoisotopic (exact) mass is 520 g/mol. The minimum Gasteiger partial charge on any atom is -0.382 e. The average Bonchev–Trinajstić information content (AvgIpc) is 3.29. The highest BCUT2D eigenvalue weighted by atomic mass is 16.5. The molecule has 1 aromatic carbocycles. The zero-order valence-corrected chi connectivity index (χ0v) is 23.1. The second-order valence-electron chi connectivity index (χ2n) is 11.9. The Morgan fingerprint density at radius 2 is 1.66 bits per heavy atom. The minimum atomic E-state index is -0.0877. The first kappa shape index (κ1) is 26.8. The van der Waals surface area contributed by atoms with E-state index in [1.54, 1.807) is 4.90 Å². The number of benzene rings is 1. The van der Waals surface area contributed by atoms with Crippen LogP contribution in [0.3, 0.4) is 0 Å². The molecule has 4 aliphatic rings. The summed E-state index contributed by atoms with van der Waals surface area (Å²) in [5.74, 6) is 2.22. The highest BCUT2D eigenvalue weighted by Crippen LogP contribution is 2.55. The van der Waals surface area contributed by atoms with Crippen LogP contribution in [-0.4, -0.2) is 58.1 Å². The Bertz CT molecular complexity index is 1050. The predicted octanol–water partition coefficient (Wildman–Crippen LogP) is 4.96. The molecule has 4 bridgehead atoms. The fourth-order valence-electron chi connectivity index (χ4n) is 7.48. The molecule has 7 nitrogen and oxygen atoms in total. The Labute approximate surface area is 227 Å². The number of amides is 3. The van der Waals surface area contributed by atoms with Crippen LogP contribution in [0.25, 0.3) is 0 Å². The molecular weight excluding hydrogens is 476 g/mol. The molecule has 0 radical (unpaired) electrons. The van der Waals surface area contributed by atoms with Crippen molar-refractivity contribution in [2.24, 2.45) is 24.8 Å². The first-order valence-electron chi connectivity index (χ1n) is 14.5. The third kappa shape index (κ3) is 6.42. The standard InChI is InChI=1S/C31H44N4O3/c1-3-38-14-8-13-34(30(37)32-31-18-25-15-26(19-31)17-27(16-25)20-31)23-29(36)35(21-24-9-5-4-6-10-24)22-28-11-7-12-33(28)2/h4-7,9-12,25-27H,3,8,13-23H2,1-2H3,(H,32,37). The van der Waals surface area contributed by atoms with Gasteiger partial charge in [-0.15, -0.1) is 0 Å². The molecule has 4 saturated carbocycles. The third-order valence-electron chi connectivity index (χ3n) is 8.92. The van der Waals surface area contributed by atoms with Gasteiger partial charge in [-0.25, -0.2) is 4.79 Å². The number of aryl methyl sites for hydroxylation is 1. The van der Waals surface area contributed by atoms with Crippen molar-refractivity contribution >= 4 is 11.9 Å². The molecule has 1 heterocycles. The van der Waals surface area contributed by atoms with Crippen LogP contribution in [0.15, 0.2) is 48.7 Å². The fraction of sp³-hybridized carbons (Fsp3) is 0.613. The smallest absolute Gasteiger partial charge is 0.318 e. The van der Waals surface area contributed by atoms with Gasteiger partial charge in [0.25, 0.3) is 0 Å². The lowest BCUT2D eigenvalue weighted by Gasteiger charge is -2.57. The number of carbonyl (C=O) groups excluding carboxylic acids is 2. The second-order valence-corrected chi connectivity index (χ2v) is 11.9. The molecule has 0 spiro atoms. The van der Waals surface area contributed by atoms with Crippen LogP contribution in [0.4, 0.5) is 4.79 Å². The summed E-state index contributed by atoms with van der Waals surface area (Å²) in [6, 6.07) is 14.0. The van der Waals surface area contributed by atoms with E-state index < -0.39 is 0 Å². The summed E-state index contributed by atoms with van der Waals surface area (Å²) in [5.41, 5.74) is 2.06. The number of hydrogen-bond donors (Lipinski definition) is 1. The van der Waals surface area contributed by atoms with Gasteiger partial charge >= 0.3 is 6.03 Å². The quantitative estimate of drug-likeness (QED) is 0.402.